The number of pyridine rings is 1. The highest BCUT2D eigenvalue weighted by molar-refractivity contribution is 5.36. The third kappa shape index (κ3) is 4.18. The van der Waals surface area contributed by atoms with E-state index >= 15 is 0 Å². The molecule has 1 aliphatic heterocycles. The molecule has 2 rings (SSSR count). The number of hydrogen-bond acceptors (Lipinski definition) is 4. The van der Waals surface area contributed by atoms with Gasteiger partial charge in [0.15, 0.2) is 0 Å². The minimum atomic E-state index is 0.604. The summed E-state index contributed by atoms with van der Waals surface area (Å²) in [6.07, 6.45) is 3.27. The summed E-state index contributed by atoms with van der Waals surface area (Å²) in [5.41, 5.74) is 0. The molecule has 0 spiro atoms. The van der Waals surface area contributed by atoms with Gasteiger partial charge in [0, 0.05) is 25.8 Å². The van der Waals surface area contributed by atoms with Gasteiger partial charge >= 0.3 is 0 Å². The van der Waals surface area contributed by atoms with Crippen LogP contribution in [0.15, 0.2) is 18.2 Å². The van der Waals surface area contributed by atoms with E-state index in [2.05, 4.69) is 17.2 Å². The predicted molar refractivity (Wildman–Crippen MR) is 72.1 cm³/mol. The van der Waals surface area contributed by atoms with Crippen molar-refractivity contribution in [2.45, 2.75) is 26.2 Å². The molecular formula is C14H22N2O2. The molecule has 0 aliphatic carbocycles. The van der Waals surface area contributed by atoms with Gasteiger partial charge in [-0.25, -0.2) is 0 Å². The summed E-state index contributed by atoms with van der Waals surface area (Å²) in [6.45, 7) is 5.54. The molecule has 1 N–H and O–H groups in total. The van der Waals surface area contributed by atoms with E-state index in [1.54, 1.807) is 0 Å². The van der Waals surface area contributed by atoms with Gasteiger partial charge in [0.05, 0.1) is 6.61 Å². The molecule has 0 saturated carbocycles. The molecule has 0 bridgehead atoms. The zero-order valence-electron chi connectivity index (χ0n) is 11.0. The quantitative estimate of drug-likeness (QED) is 0.843. The van der Waals surface area contributed by atoms with Crippen LogP contribution in [0.4, 0.5) is 5.82 Å². The van der Waals surface area contributed by atoms with E-state index in [-0.39, 0.29) is 0 Å². The Morgan fingerprint density at radius 2 is 2.22 bits per heavy atom. The highest BCUT2D eigenvalue weighted by atomic mass is 16.5. The lowest BCUT2D eigenvalue weighted by Gasteiger charge is -2.21. The van der Waals surface area contributed by atoms with Crippen molar-refractivity contribution in [2.75, 3.05) is 31.7 Å². The molecule has 0 unspecified atom stereocenters. The number of ether oxygens (including phenoxy) is 2. The minimum Gasteiger partial charge on any atom is -0.477 e. The summed E-state index contributed by atoms with van der Waals surface area (Å²) in [5.74, 6) is 2.21. The van der Waals surface area contributed by atoms with Crippen LogP contribution in [0.1, 0.15) is 26.2 Å². The Morgan fingerprint density at radius 3 is 3.00 bits per heavy atom. The Morgan fingerprint density at radius 1 is 1.39 bits per heavy atom. The molecule has 0 radical (unpaired) electrons. The molecule has 1 saturated heterocycles. The molecule has 4 heteroatoms. The molecule has 0 aromatic carbocycles. The fraction of sp³-hybridized carbons (Fsp3) is 0.643. The first-order valence-corrected chi connectivity index (χ1v) is 6.80. The third-order valence-corrected chi connectivity index (χ3v) is 3.09. The molecule has 1 fully saturated rings. The fourth-order valence-electron chi connectivity index (χ4n) is 1.96. The van der Waals surface area contributed by atoms with Crippen LogP contribution in [-0.2, 0) is 4.74 Å². The van der Waals surface area contributed by atoms with Gasteiger partial charge in [0.2, 0.25) is 5.88 Å². The van der Waals surface area contributed by atoms with Crippen LogP contribution in [0.25, 0.3) is 0 Å². The largest absolute Gasteiger partial charge is 0.477 e. The van der Waals surface area contributed by atoms with Crippen LogP contribution < -0.4 is 10.1 Å². The van der Waals surface area contributed by atoms with Crippen molar-refractivity contribution in [1.29, 1.82) is 0 Å². The Kier molecular flexibility index (Phi) is 5.27. The lowest BCUT2D eigenvalue weighted by Crippen LogP contribution is -2.21. The molecule has 4 nitrogen and oxygen atoms in total. The van der Waals surface area contributed by atoms with Crippen molar-refractivity contribution >= 4 is 5.82 Å². The van der Waals surface area contributed by atoms with Gasteiger partial charge in [-0.2, -0.15) is 4.98 Å². The van der Waals surface area contributed by atoms with E-state index in [1.165, 1.54) is 0 Å². The molecule has 0 atom stereocenters. The zero-order valence-corrected chi connectivity index (χ0v) is 11.0. The average molecular weight is 250 g/mol. The van der Waals surface area contributed by atoms with Crippen molar-refractivity contribution in [3.63, 3.8) is 0 Å². The molecular weight excluding hydrogens is 228 g/mol. The van der Waals surface area contributed by atoms with E-state index in [0.29, 0.717) is 11.8 Å². The molecule has 2 heterocycles. The first-order chi connectivity index (χ1) is 8.88. The molecule has 1 aromatic rings. The summed E-state index contributed by atoms with van der Waals surface area (Å²) in [5, 5.41) is 3.26. The summed E-state index contributed by atoms with van der Waals surface area (Å²) in [4.78, 5) is 4.43. The Bertz CT molecular complexity index is 351. The number of nitrogens with zero attached hydrogens (tertiary/aromatic N) is 1. The standard InChI is InChI=1S/C14H22N2O2/c1-2-8-15-13-4-3-5-14(16-13)18-11-12-6-9-17-10-7-12/h3-5,12H,2,6-11H2,1H3,(H,15,16). The normalized spacial score (nSPS) is 16.5. The Labute approximate surface area is 109 Å². The average Bonchev–Trinajstić information content (AvgIpc) is 2.44. The van der Waals surface area contributed by atoms with Crippen molar-refractivity contribution in [1.82, 2.24) is 4.98 Å². The van der Waals surface area contributed by atoms with E-state index in [4.69, 9.17) is 9.47 Å². The first-order valence-electron chi connectivity index (χ1n) is 6.80. The second kappa shape index (κ2) is 7.21. The van der Waals surface area contributed by atoms with Gasteiger partial charge in [0.1, 0.15) is 5.82 Å². The van der Waals surface area contributed by atoms with E-state index in [1.807, 2.05) is 18.2 Å². The van der Waals surface area contributed by atoms with Crippen molar-refractivity contribution in [3.8, 4) is 5.88 Å². The maximum atomic E-state index is 5.76. The Balaban J connectivity index is 1.80. The highest BCUT2D eigenvalue weighted by Crippen LogP contribution is 2.17. The fourth-order valence-corrected chi connectivity index (χ4v) is 1.96. The van der Waals surface area contributed by atoms with E-state index in [9.17, 15) is 0 Å². The van der Waals surface area contributed by atoms with Gasteiger partial charge in [-0.05, 0) is 31.2 Å². The van der Waals surface area contributed by atoms with Crippen LogP contribution >= 0.6 is 0 Å². The second-order valence-corrected chi connectivity index (χ2v) is 4.65. The minimum absolute atomic E-state index is 0.604. The number of rotatable bonds is 6. The van der Waals surface area contributed by atoms with Gasteiger partial charge in [-0.1, -0.05) is 13.0 Å². The highest BCUT2D eigenvalue weighted by Gasteiger charge is 2.14. The maximum absolute atomic E-state index is 5.76. The number of nitrogens with one attached hydrogen (secondary N) is 1. The number of anilines is 1. The topological polar surface area (TPSA) is 43.4 Å². The first kappa shape index (κ1) is 13.1. The van der Waals surface area contributed by atoms with E-state index < -0.39 is 0 Å². The van der Waals surface area contributed by atoms with E-state index in [0.717, 1.165) is 51.4 Å². The summed E-state index contributed by atoms with van der Waals surface area (Å²) in [7, 11) is 0. The zero-order chi connectivity index (χ0) is 12.6. The summed E-state index contributed by atoms with van der Waals surface area (Å²) < 4.78 is 11.1. The molecule has 0 amide bonds. The van der Waals surface area contributed by atoms with Crippen LogP contribution in [0.5, 0.6) is 5.88 Å². The summed E-state index contributed by atoms with van der Waals surface area (Å²) in [6, 6.07) is 5.86. The lowest BCUT2D eigenvalue weighted by molar-refractivity contribution is 0.0490. The Hall–Kier alpha value is -1.29. The van der Waals surface area contributed by atoms with Gasteiger partial charge in [0.25, 0.3) is 0 Å². The van der Waals surface area contributed by atoms with Crippen LogP contribution in [0.3, 0.4) is 0 Å². The SMILES string of the molecule is CCCNc1cccc(OCC2CCOCC2)n1. The number of hydrogen-bond donors (Lipinski definition) is 1. The monoisotopic (exact) mass is 250 g/mol. The van der Waals surface area contributed by atoms with Crippen LogP contribution in [0.2, 0.25) is 0 Å². The molecule has 1 aliphatic rings. The maximum Gasteiger partial charge on any atom is 0.215 e. The van der Waals surface area contributed by atoms with Crippen molar-refractivity contribution < 1.29 is 9.47 Å². The van der Waals surface area contributed by atoms with Crippen molar-refractivity contribution in [2.24, 2.45) is 5.92 Å². The van der Waals surface area contributed by atoms with Crippen LogP contribution in [-0.4, -0.2) is 31.3 Å². The summed E-state index contributed by atoms with van der Waals surface area (Å²) >= 11 is 0. The van der Waals surface area contributed by atoms with Crippen molar-refractivity contribution in [3.05, 3.63) is 18.2 Å². The smallest absolute Gasteiger partial charge is 0.215 e. The molecule has 1 aromatic heterocycles. The number of aromatic nitrogens is 1. The predicted octanol–water partition coefficient (Wildman–Crippen LogP) is 2.71. The van der Waals surface area contributed by atoms with Gasteiger partial charge in [-0.15, -0.1) is 0 Å². The lowest BCUT2D eigenvalue weighted by atomic mass is 10.0. The third-order valence-electron chi connectivity index (χ3n) is 3.09. The van der Waals surface area contributed by atoms with Crippen LogP contribution in [0, 0.1) is 5.92 Å². The van der Waals surface area contributed by atoms with Gasteiger partial charge in [-0.3, -0.25) is 0 Å². The molecule has 100 valence electrons. The second-order valence-electron chi connectivity index (χ2n) is 4.65. The molecule has 18 heavy (non-hydrogen) atoms. The van der Waals surface area contributed by atoms with Gasteiger partial charge < -0.3 is 14.8 Å².